The van der Waals surface area contributed by atoms with Crippen molar-refractivity contribution in [1.82, 2.24) is 4.90 Å². The van der Waals surface area contributed by atoms with E-state index in [-0.39, 0.29) is 5.91 Å². The van der Waals surface area contributed by atoms with Crippen LogP contribution >= 0.6 is 0 Å². The third-order valence-electron chi connectivity index (χ3n) is 3.73. The highest BCUT2D eigenvalue weighted by Crippen LogP contribution is 2.15. The second-order valence-electron chi connectivity index (χ2n) is 5.11. The Morgan fingerprint density at radius 1 is 1.50 bits per heavy atom. The Morgan fingerprint density at radius 3 is 3.00 bits per heavy atom. The first-order chi connectivity index (χ1) is 9.72. The molecule has 1 atom stereocenters. The predicted molar refractivity (Wildman–Crippen MR) is 79.4 cm³/mol. The Balaban J connectivity index is 1.78. The summed E-state index contributed by atoms with van der Waals surface area (Å²) in [6, 6.07) is 7.64. The first kappa shape index (κ1) is 15.0. The third kappa shape index (κ3) is 4.03. The van der Waals surface area contributed by atoms with Crippen LogP contribution in [0.5, 0.6) is 0 Å². The van der Waals surface area contributed by atoms with Gasteiger partial charge in [-0.2, -0.15) is 0 Å². The van der Waals surface area contributed by atoms with Gasteiger partial charge in [0.2, 0.25) is 5.91 Å². The van der Waals surface area contributed by atoms with E-state index in [1.165, 1.54) is 0 Å². The van der Waals surface area contributed by atoms with Crippen LogP contribution in [0.1, 0.15) is 18.4 Å². The minimum Gasteiger partial charge on any atom is -0.380 e. The van der Waals surface area contributed by atoms with Gasteiger partial charge in [0, 0.05) is 45.4 Å². The zero-order valence-corrected chi connectivity index (χ0v) is 12.0. The molecule has 20 heavy (non-hydrogen) atoms. The van der Waals surface area contributed by atoms with Gasteiger partial charge in [-0.25, -0.2) is 0 Å². The molecule has 1 amide bonds. The van der Waals surface area contributed by atoms with Gasteiger partial charge in [0.15, 0.2) is 0 Å². The molecule has 0 aliphatic carbocycles. The van der Waals surface area contributed by atoms with Crippen LogP contribution in [0.2, 0.25) is 0 Å². The molecule has 1 heterocycles. The molecule has 5 heteroatoms. The first-order valence-corrected chi connectivity index (χ1v) is 7.06. The number of para-hydroxylation sites is 1. The van der Waals surface area contributed by atoms with Gasteiger partial charge in [-0.3, -0.25) is 4.79 Å². The summed E-state index contributed by atoms with van der Waals surface area (Å²) >= 11 is 0. The summed E-state index contributed by atoms with van der Waals surface area (Å²) in [7, 11) is 1.74. The summed E-state index contributed by atoms with van der Waals surface area (Å²) in [5.41, 5.74) is 7.43. The summed E-state index contributed by atoms with van der Waals surface area (Å²) in [5, 5.41) is 2.93. The molecule has 0 radical (unpaired) electrons. The molecule has 5 nitrogen and oxygen atoms in total. The quantitative estimate of drug-likeness (QED) is 0.820. The van der Waals surface area contributed by atoms with E-state index in [1.807, 2.05) is 24.3 Å². The summed E-state index contributed by atoms with van der Waals surface area (Å²) in [6.07, 6.45) is 1.86. The van der Waals surface area contributed by atoms with Gasteiger partial charge in [-0.05, 0) is 18.1 Å². The van der Waals surface area contributed by atoms with Gasteiger partial charge >= 0.3 is 0 Å². The fraction of sp³-hybridized carbons (Fsp3) is 0.533. The number of likely N-dealkylation sites (tertiary alicyclic amines) is 1. The maximum absolute atomic E-state index is 12.0. The number of nitrogens with two attached hydrogens (primary N) is 1. The maximum Gasteiger partial charge on any atom is 0.225 e. The van der Waals surface area contributed by atoms with Gasteiger partial charge in [-0.1, -0.05) is 18.2 Å². The SMILES string of the molecule is COC1CCN(CCC(=O)Nc2ccccc2CN)C1. The largest absolute Gasteiger partial charge is 0.380 e. The van der Waals surface area contributed by atoms with E-state index < -0.39 is 0 Å². The number of nitrogens with one attached hydrogen (secondary N) is 1. The molecule has 2 rings (SSSR count). The molecular weight excluding hydrogens is 254 g/mol. The maximum atomic E-state index is 12.0. The lowest BCUT2D eigenvalue weighted by molar-refractivity contribution is -0.116. The number of carbonyl (C=O) groups excluding carboxylic acids is 1. The predicted octanol–water partition coefficient (Wildman–Crippen LogP) is 1.19. The number of amides is 1. The Labute approximate surface area is 120 Å². The van der Waals surface area contributed by atoms with E-state index in [0.717, 1.165) is 37.3 Å². The summed E-state index contributed by atoms with van der Waals surface area (Å²) in [4.78, 5) is 14.2. The highest BCUT2D eigenvalue weighted by molar-refractivity contribution is 5.91. The topological polar surface area (TPSA) is 67.6 Å². The van der Waals surface area contributed by atoms with E-state index in [2.05, 4.69) is 10.2 Å². The van der Waals surface area contributed by atoms with Crippen molar-refractivity contribution in [2.45, 2.75) is 25.5 Å². The summed E-state index contributed by atoms with van der Waals surface area (Å²) in [5.74, 6) is 0.0340. The van der Waals surface area contributed by atoms with Crippen molar-refractivity contribution >= 4 is 11.6 Å². The van der Waals surface area contributed by atoms with Gasteiger partial charge < -0.3 is 20.7 Å². The minimum atomic E-state index is 0.0340. The molecule has 3 N–H and O–H groups in total. The summed E-state index contributed by atoms with van der Waals surface area (Å²) < 4.78 is 5.32. The monoisotopic (exact) mass is 277 g/mol. The van der Waals surface area contributed by atoms with Gasteiger partial charge in [-0.15, -0.1) is 0 Å². The molecule has 1 fully saturated rings. The van der Waals surface area contributed by atoms with Crippen LogP contribution < -0.4 is 11.1 Å². The Hall–Kier alpha value is -1.43. The molecule has 0 saturated carbocycles. The molecule has 1 aliphatic rings. The normalized spacial score (nSPS) is 19.2. The number of benzene rings is 1. The lowest BCUT2D eigenvalue weighted by Crippen LogP contribution is -2.27. The van der Waals surface area contributed by atoms with Crippen molar-refractivity contribution < 1.29 is 9.53 Å². The van der Waals surface area contributed by atoms with Gasteiger partial charge in [0.05, 0.1) is 6.10 Å². The summed E-state index contributed by atoms with van der Waals surface area (Å²) in [6.45, 7) is 3.13. The highest BCUT2D eigenvalue weighted by atomic mass is 16.5. The molecule has 1 aromatic rings. The van der Waals surface area contributed by atoms with Crippen LogP contribution in [0, 0.1) is 0 Å². The molecule has 1 unspecified atom stereocenters. The fourth-order valence-corrected chi connectivity index (χ4v) is 2.49. The van der Waals surface area contributed by atoms with E-state index in [9.17, 15) is 4.79 Å². The number of ether oxygens (including phenoxy) is 1. The number of methoxy groups -OCH3 is 1. The number of carbonyl (C=O) groups is 1. The number of hydrogen-bond donors (Lipinski definition) is 2. The molecule has 1 aliphatic heterocycles. The molecule has 1 saturated heterocycles. The van der Waals surface area contributed by atoms with Crippen LogP contribution in [0.3, 0.4) is 0 Å². The van der Waals surface area contributed by atoms with Crippen LogP contribution in [0.4, 0.5) is 5.69 Å². The molecule has 0 aromatic heterocycles. The Kier molecular flexibility index (Phi) is 5.52. The average molecular weight is 277 g/mol. The minimum absolute atomic E-state index is 0.0340. The standard InChI is InChI=1S/C15H23N3O2/c1-20-13-6-8-18(11-13)9-7-15(19)17-14-5-3-2-4-12(14)10-16/h2-5,13H,6-11,16H2,1H3,(H,17,19). The number of anilines is 1. The Bertz CT molecular complexity index is 450. The lowest BCUT2D eigenvalue weighted by Gasteiger charge is -2.15. The van der Waals surface area contributed by atoms with E-state index in [0.29, 0.717) is 19.1 Å². The molecule has 110 valence electrons. The van der Waals surface area contributed by atoms with Crippen LogP contribution in [0.25, 0.3) is 0 Å². The molecular formula is C15H23N3O2. The van der Waals surface area contributed by atoms with E-state index in [1.54, 1.807) is 7.11 Å². The van der Waals surface area contributed by atoms with Crippen LogP contribution in [-0.4, -0.2) is 43.7 Å². The fourth-order valence-electron chi connectivity index (χ4n) is 2.49. The average Bonchev–Trinajstić information content (AvgIpc) is 2.94. The molecule has 0 bridgehead atoms. The van der Waals surface area contributed by atoms with Crippen LogP contribution in [0.15, 0.2) is 24.3 Å². The van der Waals surface area contributed by atoms with Crippen molar-refractivity contribution in [2.24, 2.45) is 5.73 Å². The Morgan fingerprint density at radius 2 is 2.30 bits per heavy atom. The lowest BCUT2D eigenvalue weighted by atomic mass is 10.1. The smallest absolute Gasteiger partial charge is 0.225 e. The van der Waals surface area contributed by atoms with E-state index in [4.69, 9.17) is 10.5 Å². The molecule has 0 spiro atoms. The number of nitrogens with zero attached hydrogens (tertiary/aromatic N) is 1. The van der Waals surface area contributed by atoms with Crippen molar-refractivity contribution in [2.75, 3.05) is 32.1 Å². The van der Waals surface area contributed by atoms with Crippen molar-refractivity contribution in [3.63, 3.8) is 0 Å². The second kappa shape index (κ2) is 7.38. The third-order valence-corrected chi connectivity index (χ3v) is 3.73. The van der Waals surface area contributed by atoms with E-state index >= 15 is 0 Å². The second-order valence-corrected chi connectivity index (χ2v) is 5.11. The van der Waals surface area contributed by atoms with Crippen LogP contribution in [-0.2, 0) is 16.1 Å². The number of rotatable bonds is 6. The van der Waals surface area contributed by atoms with Gasteiger partial charge in [0.1, 0.15) is 0 Å². The zero-order valence-electron chi connectivity index (χ0n) is 12.0. The molecule has 1 aromatic carbocycles. The van der Waals surface area contributed by atoms with Crippen molar-refractivity contribution in [3.8, 4) is 0 Å². The highest BCUT2D eigenvalue weighted by Gasteiger charge is 2.22. The number of hydrogen-bond acceptors (Lipinski definition) is 4. The van der Waals surface area contributed by atoms with Gasteiger partial charge in [0.25, 0.3) is 0 Å². The van der Waals surface area contributed by atoms with Crippen molar-refractivity contribution in [3.05, 3.63) is 29.8 Å². The van der Waals surface area contributed by atoms with Crippen molar-refractivity contribution in [1.29, 1.82) is 0 Å². The zero-order chi connectivity index (χ0) is 14.4. The first-order valence-electron chi connectivity index (χ1n) is 7.06.